The molecule has 0 bridgehead atoms. The molecule has 0 spiro atoms. The van der Waals surface area contributed by atoms with E-state index in [1.165, 1.54) is 0 Å². The van der Waals surface area contributed by atoms with Crippen molar-refractivity contribution >= 4 is 0 Å². The Kier molecular flexibility index (Phi) is 5.93. The lowest BCUT2D eigenvalue weighted by Gasteiger charge is -2.10. The molecule has 0 aromatic heterocycles. The molecule has 0 radical (unpaired) electrons. The highest BCUT2D eigenvalue weighted by Crippen LogP contribution is 1.82. The molecule has 0 amide bonds. The first-order valence-corrected chi connectivity index (χ1v) is 3.29. The van der Waals surface area contributed by atoms with E-state index in [2.05, 4.69) is 5.43 Å². The van der Waals surface area contributed by atoms with Crippen LogP contribution in [0.2, 0.25) is 0 Å². The summed E-state index contributed by atoms with van der Waals surface area (Å²) >= 11 is 0. The Hall–Kier alpha value is -0.120. The van der Waals surface area contributed by atoms with Crippen LogP contribution in [0.15, 0.2) is 0 Å². The van der Waals surface area contributed by atoms with Crippen molar-refractivity contribution in [2.75, 3.05) is 27.2 Å². The molecule has 0 atom stereocenters. The van der Waals surface area contributed by atoms with Gasteiger partial charge in [0.15, 0.2) is 0 Å². The third-order valence-corrected chi connectivity index (χ3v) is 1.01. The molecule has 0 saturated carbocycles. The lowest BCUT2D eigenvalue weighted by Crippen LogP contribution is -2.31. The predicted molar refractivity (Wildman–Crippen MR) is 38.0 cm³/mol. The summed E-state index contributed by atoms with van der Waals surface area (Å²) in [7, 11) is 3.91. The molecule has 9 heavy (non-hydrogen) atoms. The number of rotatable bonds is 5. The average molecular weight is 132 g/mol. The largest absolute Gasteiger partial charge is 0.396 e. The molecule has 3 nitrogen and oxygen atoms in total. The van der Waals surface area contributed by atoms with E-state index in [9.17, 15) is 0 Å². The molecule has 0 aromatic carbocycles. The standard InChI is InChI=1S/C6H16N2O/c1-8(2)7-5-3-4-6-9/h7,9H,3-6H2,1-2H3. The van der Waals surface area contributed by atoms with Crippen molar-refractivity contribution < 1.29 is 5.11 Å². The van der Waals surface area contributed by atoms with Crippen LogP contribution in [-0.2, 0) is 0 Å². The summed E-state index contributed by atoms with van der Waals surface area (Å²) in [5.74, 6) is 0. The predicted octanol–water partition coefficient (Wildman–Crippen LogP) is -0.175. The van der Waals surface area contributed by atoms with Gasteiger partial charge in [-0.25, -0.2) is 0 Å². The Morgan fingerprint density at radius 3 is 2.44 bits per heavy atom. The second-order valence-corrected chi connectivity index (χ2v) is 2.23. The molecule has 0 rings (SSSR count). The Labute approximate surface area is 56.6 Å². The fourth-order valence-corrected chi connectivity index (χ4v) is 0.539. The fraction of sp³-hybridized carbons (Fsp3) is 1.00. The highest BCUT2D eigenvalue weighted by molar-refractivity contribution is 4.40. The third kappa shape index (κ3) is 7.88. The van der Waals surface area contributed by atoms with Crippen molar-refractivity contribution in [1.29, 1.82) is 0 Å². The number of unbranched alkanes of at least 4 members (excludes halogenated alkanes) is 1. The van der Waals surface area contributed by atoms with E-state index in [0.717, 1.165) is 19.4 Å². The monoisotopic (exact) mass is 132 g/mol. The molecule has 0 saturated heterocycles. The number of hydrogen-bond donors (Lipinski definition) is 2. The summed E-state index contributed by atoms with van der Waals surface area (Å²) in [6, 6.07) is 0. The van der Waals surface area contributed by atoms with Gasteiger partial charge in [0, 0.05) is 27.2 Å². The number of aliphatic hydroxyl groups is 1. The molecule has 0 aliphatic heterocycles. The van der Waals surface area contributed by atoms with Crippen LogP contribution in [0, 0.1) is 0 Å². The number of nitrogens with zero attached hydrogens (tertiary/aromatic N) is 1. The lowest BCUT2D eigenvalue weighted by molar-refractivity contribution is 0.259. The SMILES string of the molecule is CN(C)NCCCCO. The molecule has 0 unspecified atom stereocenters. The van der Waals surface area contributed by atoms with Crippen molar-refractivity contribution in [1.82, 2.24) is 10.4 Å². The van der Waals surface area contributed by atoms with Gasteiger partial charge in [-0.05, 0) is 12.8 Å². The van der Waals surface area contributed by atoms with Crippen LogP contribution < -0.4 is 5.43 Å². The molecule has 2 N–H and O–H groups in total. The molecule has 56 valence electrons. The fourth-order valence-electron chi connectivity index (χ4n) is 0.539. The smallest absolute Gasteiger partial charge is 0.0431 e. The van der Waals surface area contributed by atoms with Gasteiger partial charge in [-0.2, -0.15) is 0 Å². The van der Waals surface area contributed by atoms with E-state index in [1.54, 1.807) is 0 Å². The van der Waals surface area contributed by atoms with E-state index in [4.69, 9.17) is 5.11 Å². The van der Waals surface area contributed by atoms with E-state index in [1.807, 2.05) is 19.1 Å². The molecule has 0 heterocycles. The van der Waals surface area contributed by atoms with Crippen LogP contribution in [0.3, 0.4) is 0 Å². The second-order valence-electron chi connectivity index (χ2n) is 2.23. The summed E-state index contributed by atoms with van der Waals surface area (Å²) in [6.07, 6.45) is 1.93. The maximum atomic E-state index is 8.39. The maximum absolute atomic E-state index is 8.39. The molecule has 3 heteroatoms. The Morgan fingerprint density at radius 1 is 1.33 bits per heavy atom. The topological polar surface area (TPSA) is 35.5 Å². The molecular formula is C6H16N2O. The number of nitrogens with one attached hydrogen (secondary N) is 1. The van der Waals surface area contributed by atoms with Crippen LogP contribution in [-0.4, -0.2) is 37.4 Å². The van der Waals surface area contributed by atoms with Gasteiger partial charge in [-0.1, -0.05) is 0 Å². The van der Waals surface area contributed by atoms with Crippen molar-refractivity contribution in [3.05, 3.63) is 0 Å². The molecule has 0 aromatic rings. The highest BCUT2D eigenvalue weighted by Gasteiger charge is 1.86. The van der Waals surface area contributed by atoms with Gasteiger partial charge in [-0.3, -0.25) is 10.4 Å². The van der Waals surface area contributed by atoms with Crippen LogP contribution in [0.25, 0.3) is 0 Å². The second kappa shape index (κ2) is 6.01. The summed E-state index contributed by atoms with van der Waals surface area (Å²) in [4.78, 5) is 0. The lowest BCUT2D eigenvalue weighted by atomic mass is 10.3. The summed E-state index contributed by atoms with van der Waals surface area (Å²) < 4.78 is 0. The van der Waals surface area contributed by atoms with Gasteiger partial charge < -0.3 is 5.11 Å². The maximum Gasteiger partial charge on any atom is 0.0431 e. The molecular weight excluding hydrogens is 116 g/mol. The minimum absolute atomic E-state index is 0.301. The van der Waals surface area contributed by atoms with Crippen molar-refractivity contribution in [3.63, 3.8) is 0 Å². The zero-order chi connectivity index (χ0) is 7.11. The Morgan fingerprint density at radius 2 is 2.00 bits per heavy atom. The van der Waals surface area contributed by atoms with Gasteiger partial charge in [0.1, 0.15) is 0 Å². The summed E-state index contributed by atoms with van der Waals surface area (Å²) in [5.41, 5.74) is 3.10. The molecule has 0 aliphatic carbocycles. The van der Waals surface area contributed by atoms with Gasteiger partial charge in [0.25, 0.3) is 0 Å². The van der Waals surface area contributed by atoms with E-state index in [-0.39, 0.29) is 0 Å². The quantitative estimate of drug-likeness (QED) is 0.402. The third-order valence-electron chi connectivity index (χ3n) is 1.01. The zero-order valence-corrected chi connectivity index (χ0v) is 6.22. The zero-order valence-electron chi connectivity index (χ0n) is 6.22. The number of aliphatic hydroxyl groups excluding tert-OH is 1. The molecule has 0 aliphatic rings. The first-order valence-electron chi connectivity index (χ1n) is 3.29. The van der Waals surface area contributed by atoms with Crippen LogP contribution in [0.4, 0.5) is 0 Å². The van der Waals surface area contributed by atoms with Gasteiger partial charge in [0.05, 0.1) is 0 Å². The summed E-state index contributed by atoms with van der Waals surface area (Å²) in [5, 5.41) is 10.3. The van der Waals surface area contributed by atoms with Crippen LogP contribution in [0.1, 0.15) is 12.8 Å². The van der Waals surface area contributed by atoms with Gasteiger partial charge >= 0.3 is 0 Å². The average Bonchev–Trinajstić information content (AvgIpc) is 1.80. The van der Waals surface area contributed by atoms with Crippen LogP contribution >= 0.6 is 0 Å². The van der Waals surface area contributed by atoms with Crippen molar-refractivity contribution in [3.8, 4) is 0 Å². The minimum Gasteiger partial charge on any atom is -0.396 e. The first-order chi connectivity index (χ1) is 4.27. The normalized spacial score (nSPS) is 10.7. The number of hydrazine groups is 1. The number of hydrogen-bond acceptors (Lipinski definition) is 3. The van der Waals surface area contributed by atoms with E-state index in [0.29, 0.717) is 6.61 Å². The van der Waals surface area contributed by atoms with Gasteiger partial charge in [0.2, 0.25) is 0 Å². The van der Waals surface area contributed by atoms with E-state index < -0.39 is 0 Å². The highest BCUT2D eigenvalue weighted by atomic mass is 16.2. The van der Waals surface area contributed by atoms with Gasteiger partial charge in [-0.15, -0.1) is 0 Å². The van der Waals surface area contributed by atoms with E-state index >= 15 is 0 Å². The van der Waals surface area contributed by atoms with Crippen molar-refractivity contribution in [2.45, 2.75) is 12.8 Å². The van der Waals surface area contributed by atoms with Crippen molar-refractivity contribution in [2.24, 2.45) is 0 Å². The Balaban J connectivity index is 2.75. The first kappa shape index (κ1) is 8.88. The summed E-state index contributed by atoms with van der Waals surface area (Å²) in [6.45, 7) is 1.25. The van der Waals surface area contributed by atoms with Crippen LogP contribution in [0.5, 0.6) is 0 Å². The Bertz CT molecular complexity index is 57.0. The minimum atomic E-state index is 0.301. The molecule has 0 fully saturated rings.